The molecule has 2 aromatic rings. The van der Waals surface area contributed by atoms with Crippen molar-refractivity contribution in [3.05, 3.63) is 46.9 Å². The molecule has 4 aliphatic rings. The first kappa shape index (κ1) is 28.2. The van der Waals surface area contributed by atoms with E-state index in [4.69, 9.17) is 21.6 Å². The van der Waals surface area contributed by atoms with Gasteiger partial charge in [0.1, 0.15) is 23.3 Å². The minimum atomic E-state index is -0.174. The molecule has 0 radical (unpaired) electrons. The number of hydrogen-bond acceptors (Lipinski definition) is 8. The van der Waals surface area contributed by atoms with E-state index in [-0.39, 0.29) is 18.1 Å². The number of carbonyl (C=O) groups excluding carboxylic acids is 1. The van der Waals surface area contributed by atoms with E-state index in [1.165, 1.54) is 58.4 Å². The largest absolute Gasteiger partial charge is 0.490 e. The second-order valence-corrected chi connectivity index (χ2v) is 12.8. The topological polar surface area (TPSA) is 106 Å². The average Bonchev–Trinajstić information content (AvgIpc) is 2.98. The number of benzene rings is 1. The summed E-state index contributed by atoms with van der Waals surface area (Å²) in [7, 11) is 0. The van der Waals surface area contributed by atoms with Crippen LogP contribution in [0.25, 0.3) is 0 Å². The first-order valence-corrected chi connectivity index (χ1v) is 15.5. The molecule has 1 saturated carbocycles. The number of nitrogens with zero attached hydrogens (tertiary/aromatic N) is 5. The van der Waals surface area contributed by atoms with Gasteiger partial charge in [0, 0.05) is 44.8 Å². The van der Waals surface area contributed by atoms with Crippen LogP contribution in [-0.4, -0.2) is 78.7 Å². The number of piperidine rings is 2. The lowest BCUT2D eigenvalue weighted by Crippen LogP contribution is -2.58. The minimum Gasteiger partial charge on any atom is -0.490 e. The molecule has 3 saturated heterocycles. The predicted octanol–water partition coefficient (Wildman–Crippen LogP) is 4.02. The Balaban J connectivity index is 0.910. The van der Waals surface area contributed by atoms with Crippen LogP contribution in [0.1, 0.15) is 67.4 Å². The summed E-state index contributed by atoms with van der Waals surface area (Å²) in [5, 5.41) is 16.0. The Morgan fingerprint density at radius 2 is 1.83 bits per heavy atom. The maximum absolute atomic E-state index is 12.9. The quantitative estimate of drug-likeness (QED) is 0.508. The number of anilines is 1. The third kappa shape index (κ3) is 6.77. The van der Waals surface area contributed by atoms with Gasteiger partial charge in [0.2, 0.25) is 0 Å². The molecule has 2 N–H and O–H groups in total. The first-order chi connectivity index (χ1) is 20.0. The molecule has 1 aromatic heterocycles. The van der Waals surface area contributed by atoms with Crippen molar-refractivity contribution in [3.8, 4) is 11.8 Å². The van der Waals surface area contributed by atoms with E-state index in [0.717, 1.165) is 50.5 Å². The van der Waals surface area contributed by atoms with E-state index in [2.05, 4.69) is 36.5 Å². The van der Waals surface area contributed by atoms with Gasteiger partial charge in [0.15, 0.2) is 0 Å². The van der Waals surface area contributed by atoms with E-state index in [1.807, 2.05) is 0 Å². The summed E-state index contributed by atoms with van der Waals surface area (Å²) in [4.78, 5) is 26.9. The maximum atomic E-state index is 12.9. The Morgan fingerprint density at radius 3 is 2.44 bits per heavy atom. The molecule has 6 rings (SSSR count). The van der Waals surface area contributed by atoms with Crippen molar-refractivity contribution in [1.29, 1.82) is 5.26 Å². The summed E-state index contributed by atoms with van der Waals surface area (Å²) >= 11 is 6.12. The standard InChI is InChI=1S/C31H40ClN7O2/c32-27-15-26(4-1-23(27)16-33)41-25-5-2-24(3-6-25)37-30(40)28-17-36-29(18-35-28)39-11-7-22(8-12-39)19-38-13-9-31(10-14-38)20-34-21-31/h1,4,15,17-18,22,24-25,34H,2-3,5-14,19-21H2,(H,37,40)/t24-,25-. The van der Waals surface area contributed by atoms with Gasteiger partial charge in [-0.2, -0.15) is 5.26 Å². The Hall–Kier alpha value is -2.93. The van der Waals surface area contributed by atoms with Gasteiger partial charge in [-0.05, 0) is 87.9 Å². The lowest BCUT2D eigenvalue weighted by Gasteiger charge is -2.49. The molecule has 10 heteroatoms. The van der Waals surface area contributed by atoms with Crippen LogP contribution in [0.3, 0.4) is 0 Å². The molecule has 3 aliphatic heterocycles. The molecular weight excluding hydrogens is 538 g/mol. The normalized spacial score (nSPS) is 24.8. The van der Waals surface area contributed by atoms with Crippen LogP contribution in [0, 0.1) is 22.7 Å². The number of ether oxygens (including phenoxy) is 1. The molecule has 9 nitrogen and oxygen atoms in total. The highest BCUT2D eigenvalue weighted by Crippen LogP contribution is 2.35. The SMILES string of the molecule is N#Cc1ccc(O[C@H]2CC[C@H](NC(=O)c3cnc(N4CCC(CN5CCC6(CC5)CNC6)CC4)cn3)CC2)cc1Cl. The maximum Gasteiger partial charge on any atom is 0.271 e. The molecule has 1 aliphatic carbocycles. The van der Waals surface area contributed by atoms with Crippen molar-refractivity contribution in [2.75, 3.05) is 50.7 Å². The molecule has 0 atom stereocenters. The molecule has 0 bridgehead atoms. The number of hydrogen-bond donors (Lipinski definition) is 2. The number of halogens is 1. The summed E-state index contributed by atoms with van der Waals surface area (Å²) in [6, 6.07) is 7.29. The second-order valence-electron chi connectivity index (χ2n) is 12.4. The Kier molecular flexibility index (Phi) is 8.61. The van der Waals surface area contributed by atoms with E-state index in [0.29, 0.717) is 27.4 Å². The number of nitriles is 1. The van der Waals surface area contributed by atoms with Crippen molar-refractivity contribution in [3.63, 3.8) is 0 Å². The number of rotatable bonds is 7. The summed E-state index contributed by atoms with van der Waals surface area (Å²) in [6.07, 6.45) is 11.8. The first-order valence-electron chi connectivity index (χ1n) is 15.2. The summed E-state index contributed by atoms with van der Waals surface area (Å²) in [6.45, 7) is 8.14. The molecule has 4 heterocycles. The average molecular weight is 578 g/mol. The molecule has 4 fully saturated rings. The zero-order chi connectivity index (χ0) is 28.2. The number of amides is 1. The molecular formula is C31H40ClN7O2. The number of aromatic nitrogens is 2. The van der Waals surface area contributed by atoms with Gasteiger partial charge in [-0.15, -0.1) is 0 Å². The van der Waals surface area contributed by atoms with Crippen molar-refractivity contribution in [2.45, 2.75) is 63.5 Å². The van der Waals surface area contributed by atoms with Crippen molar-refractivity contribution >= 4 is 23.3 Å². The number of carbonyl (C=O) groups is 1. The van der Waals surface area contributed by atoms with Gasteiger partial charge in [-0.1, -0.05) is 11.6 Å². The van der Waals surface area contributed by atoms with Crippen LogP contribution in [0.5, 0.6) is 5.75 Å². The van der Waals surface area contributed by atoms with Crippen LogP contribution >= 0.6 is 11.6 Å². The number of likely N-dealkylation sites (tertiary alicyclic amines) is 1. The predicted molar refractivity (Wildman–Crippen MR) is 158 cm³/mol. The second kappa shape index (κ2) is 12.5. The summed E-state index contributed by atoms with van der Waals surface area (Å²) < 4.78 is 6.06. The van der Waals surface area contributed by atoms with Gasteiger partial charge in [-0.25, -0.2) is 9.97 Å². The molecule has 1 spiro atoms. The van der Waals surface area contributed by atoms with Crippen molar-refractivity contribution in [2.24, 2.45) is 11.3 Å². The zero-order valence-electron chi connectivity index (χ0n) is 23.7. The van der Waals surface area contributed by atoms with E-state index < -0.39 is 0 Å². The van der Waals surface area contributed by atoms with Crippen LogP contribution in [0.15, 0.2) is 30.6 Å². The molecule has 41 heavy (non-hydrogen) atoms. The highest BCUT2D eigenvalue weighted by Gasteiger charge is 2.40. The fourth-order valence-electron chi connectivity index (χ4n) is 6.79. The lowest BCUT2D eigenvalue weighted by molar-refractivity contribution is 0.0463. The molecule has 218 valence electrons. The number of nitrogens with one attached hydrogen (secondary N) is 2. The van der Waals surface area contributed by atoms with Crippen LogP contribution in [0.4, 0.5) is 5.82 Å². The fraction of sp³-hybridized carbons (Fsp3) is 0.613. The Morgan fingerprint density at radius 1 is 1.07 bits per heavy atom. The van der Waals surface area contributed by atoms with Gasteiger partial charge in [0.05, 0.1) is 29.1 Å². The zero-order valence-corrected chi connectivity index (χ0v) is 24.4. The Bertz CT molecular complexity index is 1240. The summed E-state index contributed by atoms with van der Waals surface area (Å²) in [5.41, 5.74) is 1.41. The highest BCUT2D eigenvalue weighted by atomic mass is 35.5. The molecule has 1 amide bonds. The van der Waals surface area contributed by atoms with Gasteiger partial charge >= 0.3 is 0 Å². The Labute approximate surface area is 247 Å². The van der Waals surface area contributed by atoms with Gasteiger partial charge in [-0.3, -0.25) is 4.79 Å². The fourth-order valence-corrected chi connectivity index (χ4v) is 7.00. The van der Waals surface area contributed by atoms with Crippen molar-refractivity contribution in [1.82, 2.24) is 25.5 Å². The van der Waals surface area contributed by atoms with Crippen LogP contribution in [0.2, 0.25) is 5.02 Å². The third-order valence-corrected chi connectivity index (χ3v) is 9.93. The third-order valence-electron chi connectivity index (χ3n) is 9.62. The van der Waals surface area contributed by atoms with Crippen molar-refractivity contribution < 1.29 is 9.53 Å². The monoisotopic (exact) mass is 577 g/mol. The minimum absolute atomic E-state index is 0.0622. The lowest BCUT2D eigenvalue weighted by atomic mass is 9.73. The van der Waals surface area contributed by atoms with Crippen LogP contribution in [-0.2, 0) is 0 Å². The highest BCUT2D eigenvalue weighted by molar-refractivity contribution is 6.31. The van der Waals surface area contributed by atoms with E-state index >= 15 is 0 Å². The van der Waals surface area contributed by atoms with Gasteiger partial charge < -0.3 is 25.2 Å². The molecule has 1 aromatic carbocycles. The summed E-state index contributed by atoms with van der Waals surface area (Å²) in [5.74, 6) is 2.10. The van der Waals surface area contributed by atoms with E-state index in [1.54, 1.807) is 30.6 Å². The van der Waals surface area contributed by atoms with Crippen LogP contribution < -0.4 is 20.3 Å². The van der Waals surface area contributed by atoms with Gasteiger partial charge in [0.25, 0.3) is 5.91 Å². The van der Waals surface area contributed by atoms with E-state index in [9.17, 15) is 4.79 Å². The smallest absolute Gasteiger partial charge is 0.271 e. The molecule has 0 unspecified atom stereocenters.